The van der Waals surface area contributed by atoms with Crippen LogP contribution in [0, 0.1) is 0 Å². The Kier molecular flexibility index (Phi) is 4.46. The Bertz CT molecular complexity index is 273. The molecule has 0 unspecified atom stereocenters. The van der Waals surface area contributed by atoms with Crippen LogP contribution in [0.15, 0.2) is 0 Å². The lowest BCUT2D eigenvalue weighted by atomic mass is 10.1. The summed E-state index contributed by atoms with van der Waals surface area (Å²) >= 11 is 0. The number of amides is 1. The minimum atomic E-state index is -0.341. The maximum Gasteiger partial charge on any atom is 0.228 e. The monoisotopic (exact) mass is 211 g/mol. The number of Topliss-reactive ketones (excluding diaryl/α,β-unsaturated/α-hetero) is 2. The summed E-state index contributed by atoms with van der Waals surface area (Å²) in [6, 6.07) is -0.341. The predicted molar refractivity (Wildman–Crippen MR) is 55.3 cm³/mol. The predicted octanol–water partition coefficient (Wildman–Crippen LogP) is 0.983. The second-order valence-corrected chi connectivity index (χ2v) is 3.94. The molecule has 0 saturated heterocycles. The molecular weight excluding hydrogens is 194 g/mol. The first-order chi connectivity index (χ1) is 7.13. The third kappa shape index (κ3) is 3.81. The van der Waals surface area contributed by atoms with Crippen LogP contribution in [-0.4, -0.2) is 23.5 Å². The average molecular weight is 211 g/mol. The Labute approximate surface area is 89.4 Å². The van der Waals surface area contributed by atoms with E-state index in [2.05, 4.69) is 5.32 Å². The number of nitrogens with one attached hydrogen (secondary N) is 1. The second-order valence-electron chi connectivity index (χ2n) is 3.94. The average Bonchev–Trinajstić information content (AvgIpc) is 2.52. The molecule has 1 fully saturated rings. The molecule has 1 aliphatic carbocycles. The zero-order valence-electron chi connectivity index (χ0n) is 9.04. The zero-order valence-corrected chi connectivity index (χ0v) is 9.04. The van der Waals surface area contributed by atoms with Gasteiger partial charge in [-0.15, -0.1) is 0 Å². The normalized spacial score (nSPS) is 20.3. The third-order valence-electron chi connectivity index (χ3n) is 2.53. The summed E-state index contributed by atoms with van der Waals surface area (Å²) in [5.41, 5.74) is 0. The molecule has 0 aromatic heterocycles. The highest BCUT2D eigenvalue weighted by Gasteiger charge is 2.25. The first-order valence-corrected chi connectivity index (χ1v) is 5.47. The van der Waals surface area contributed by atoms with Crippen LogP contribution in [0.1, 0.15) is 45.4 Å². The van der Waals surface area contributed by atoms with Gasteiger partial charge in [0.1, 0.15) is 5.78 Å². The second kappa shape index (κ2) is 5.63. The van der Waals surface area contributed by atoms with Gasteiger partial charge in [0.05, 0.1) is 12.5 Å². The van der Waals surface area contributed by atoms with Gasteiger partial charge in [0.2, 0.25) is 5.91 Å². The van der Waals surface area contributed by atoms with E-state index in [0.717, 1.165) is 12.8 Å². The van der Waals surface area contributed by atoms with Crippen molar-refractivity contribution in [2.24, 2.45) is 0 Å². The van der Waals surface area contributed by atoms with E-state index < -0.39 is 0 Å². The zero-order chi connectivity index (χ0) is 11.3. The van der Waals surface area contributed by atoms with Gasteiger partial charge >= 0.3 is 0 Å². The number of rotatable bonds is 5. The fourth-order valence-corrected chi connectivity index (χ4v) is 1.76. The summed E-state index contributed by atoms with van der Waals surface area (Å²) in [7, 11) is 0. The molecule has 4 nitrogen and oxygen atoms in total. The number of ketones is 2. The molecule has 0 heterocycles. The Balaban J connectivity index is 2.29. The molecule has 0 bridgehead atoms. The van der Waals surface area contributed by atoms with E-state index >= 15 is 0 Å². The number of carbonyl (C=O) groups excluding carboxylic acids is 3. The molecule has 0 radical (unpaired) electrons. The third-order valence-corrected chi connectivity index (χ3v) is 2.53. The number of carbonyl (C=O) groups is 3. The van der Waals surface area contributed by atoms with Crippen LogP contribution in [-0.2, 0) is 14.4 Å². The Morgan fingerprint density at radius 3 is 2.73 bits per heavy atom. The molecule has 1 rings (SSSR count). The first-order valence-electron chi connectivity index (χ1n) is 5.47. The summed E-state index contributed by atoms with van der Waals surface area (Å²) < 4.78 is 0. The van der Waals surface area contributed by atoms with Gasteiger partial charge < -0.3 is 5.32 Å². The van der Waals surface area contributed by atoms with Gasteiger partial charge in [-0.05, 0) is 19.3 Å². The Hall–Kier alpha value is -1.19. The summed E-state index contributed by atoms with van der Waals surface area (Å²) in [6.45, 7) is 1.90. The number of hydrogen-bond acceptors (Lipinski definition) is 3. The molecule has 15 heavy (non-hydrogen) atoms. The summed E-state index contributed by atoms with van der Waals surface area (Å²) in [5.74, 6) is -0.277. The summed E-state index contributed by atoms with van der Waals surface area (Å²) in [5, 5.41) is 2.61. The lowest BCUT2D eigenvalue weighted by molar-refractivity contribution is -0.130. The van der Waals surface area contributed by atoms with Crippen molar-refractivity contribution in [1.82, 2.24) is 5.32 Å². The van der Waals surface area contributed by atoms with Gasteiger partial charge in [-0.25, -0.2) is 0 Å². The highest BCUT2D eigenvalue weighted by atomic mass is 16.2. The van der Waals surface area contributed by atoms with Crippen LogP contribution < -0.4 is 5.32 Å². The van der Waals surface area contributed by atoms with Gasteiger partial charge in [0.25, 0.3) is 0 Å². The van der Waals surface area contributed by atoms with Crippen molar-refractivity contribution in [2.45, 2.75) is 51.5 Å². The van der Waals surface area contributed by atoms with Gasteiger partial charge in [-0.3, -0.25) is 14.4 Å². The van der Waals surface area contributed by atoms with Crippen molar-refractivity contribution in [3.63, 3.8) is 0 Å². The fourth-order valence-electron chi connectivity index (χ4n) is 1.76. The Morgan fingerprint density at radius 2 is 2.20 bits per heavy atom. The molecular formula is C11H17NO3. The maximum absolute atomic E-state index is 11.3. The molecule has 1 aliphatic rings. The van der Waals surface area contributed by atoms with E-state index in [0.29, 0.717) is 19.3 Å². The van der Waals surface area contributed by atoms with Gasteiger partial charge in [-0.1, -0.05) is 6.92 Å². The maximum atomic E-state index is 11.3. The quantitative estimate of drug-likeness (QED) is 0.689. The SMILES string of the molecule is CCCC(=O)CC(=O)N[C@H]1CCCC1=O. The lowest BCUT2D eigenvalue weighted by Gasteiger charge is -2.09. The largest absolute Gasteiger partial charge is 0.346 e. The highest BCUT2D eigenvalue weighted by Crippen LogP contribution is 2.14. The van der Waals surface area contributed by atoms with E-state index in [4.69, 9.17) is 0 Å². The van der Waals surface area contributed by atoms with Crippen molar-refractivity contribution in [1.29, 1.82) is 0 Å². The fraction of sp³-hybridized carbons (Fsp3) is 0.727. The molecule has 1 N–H and O–H groups in total. The molecule has 4 heteroatoms. The van der Waals surface area contributed by atoms with Gasteiger partial charge in [-0.2, -0.15) is 0 Å². The van der Waals surface area contributed by atoms with Crippen molar-refractivity contribution in [2.75, 3.05) is 0 Å². The topological polar surface area (TPSA) is 63.2 Å². The summed E-state index contributed by atoms with van der Waals surface area (Å²) in [6.07, 6.45) is 3.21. The van der Waals surface area contributed by atoms with E-state index in [9.17, 15) is 14.4 Å². The van der Waals surface area contributed by atoms with Gasteiger partial charge in [0, 0.05) is 12.8 Å². The molecule has 84 valence electrons. The van der Waals surface area contributed by atoms with Crippen molar-refractivity contribution < 1.29 is 14.4 Å². The van der Waals surface area contributed by atoms with Crippen LogP contribution in [0.3, 0.4) is 0 Å². The van der Waals surface area contributed by atoms with Crippen LogP contribution in [0.4, 0.5) is 0 Å². The Morgan fingerprint density at radius 1 is 1.47 bits per heavy atom. The molecule has 0 aromatic rings. The molecule has 1 atom stereocenters. The lowest BCUT2D eigenvalue weighted by Crippen LogP contribution is -2.38. The van der Waals surface area contributed by atoms with Crippen LogP contribution in [0.25, 0.3) is 0 Å². The minimum absolute atomic E-state index is 0.0551. The van der Waals surface area contributed by atoms with Crippen LogP contribution in [0.5, 0.6) is 0 Å². The first kappa shape index (κ1) is 11.9. The van der Waals surface area contributed by atoms with E-state index in [-0.39, 0.29) is 29.9 Å². The molecule has 0 aromatic carbocycles. The highest BCUT2D eigenvalue weighted by molar-refractivity contribution is 6.00. The number of hydrogen-bond donors (Lipinski definition) is 1. The van der Waals surface area contributed by atoms with E-state index in [1.54, 1.807) is 0 Å². The van der Waals surface area contributed by atoms with Crippen molar-refractivity contribution in [3.05, 3.63) is 0 Å². The van der Waals surface area contributed by atoms with Crippen molar-refractivity contribution >= 4 is 17.5 Å². The standard InChI is InChI=1S/C11H17NO3/c1-2-4-8(13)7-11(15)12-9-5-3-6-10(9)14/h9H,2-7H2,1H3,(H,12,15)/t9-/m0/s1. The minimum Gasteiger partial charge on any atom is -0.346 e. The molecule has 0 aliphatic heterocycles. The van der Waals surface area contributed by atoms with Crippen LogP contribution in [0.2, 0.25) is 0 Å². The van der Waals surface area contributed by atoms with Gasteiger partial charge in [0.15, 0.2) is 5.78 Å². The molecule has 1 saturated carbocycles. The van der Waals surface area contributed by atoms with Crippen LogP contribution >= 0.6 is 0 Å². The summed E-state index contributed by atoms with van der Waals surface area (Å²) in [4.78, 5) is 33.7. The smallest absolute Gasteiger partial charge is 0.228 e. The van der Waals surface area contributed by atoms with E-state index in [1.165, 1.54) is 0 Å². The van der Waals surface area contributed by atoms with E-state index in [1.807, 2.05) is 6.92 Å². The van der Waals surface area contributed by atoms with Crippen molar-refractivity contribution in [3.8, 4) is 0 Å². The molecule has 0 spiro atoms. The molecule has 1 amide bonds.